The molecule has 6 heteroatoms. The van der Waals surface area contributed by atoms with Gasteiger partial charge in [-0.1, -0.05) is 28.1 Å². The van der Waals surface area contributed by atoms with Crippen molar-refractivity contribution in [1.82, 2.24) is 10.4 Å². The average Bonchev–Trinajstić information content (AvgIpc) is 3.19. The first-order chi connectivity index (χ1) is 10.7. The number of H-pyrrole nitrogens is 1. The summed E-state index contributed by atoms with van der Waals surface area (Å²) < 4.78 is 6.67. The highest BCUT2D eigenvalue weighted by atomic mass is 79.9. The third-order valence-electron chi connectivity index (χ3n) is 2.96. The van der Waals surface area contributed by atoms with Crippen molar-refractivity contribution in [2.24, 2.45) is 5.10 Å². The van der Waals surface area contributed by atoms with Crippen LogP contribution >= 0.6 is 15.9 Å². The van der Waals surface area contributed by atoms with E-state index in [-0.39, 0.29) is 5.91 Å². The van der Waals surface area contributed by atoms with E-state index in [0.717, 1.165) is 15.8 Å². The first-order valence-corrected chi connectivity index (χ1v) is 7.34. The molecule has 0 saturated carbocycles. The van der Waals surface area contributed by atoms with Crippen LogP contribution in [0, 0.1) is 0 Å². The predicted molar refractivity (Wildman–Crippen MR) is 87.7 cm³/mol. The molecule has 0 unspecified atom stereocenters. The van der Waals surface area contributed by atoms with Crippen molar-refractivity contribution in [3.05, 3.63) is 70.7 Å². The van der Waals surface area contributed by atoms with Crippen molar-refractivity contribution < 1.29 is 9.21 Å². The predicted octanol–water partition coefficient (Wildman–Crippen LogP) is 3.80. The molecule has 0 bridgehead atoms. The second kappa shape index (κ2) is 6.44. The lowest BCUT2D eigenvalue weighted by Gasteiger charge is -1.97. The van der Waals surface area contributed by atoms with Gasteiger partial charge >= 0.3 is 0 Å². The van der Waals surface area contributed by atoms with Gasteiger partial charge in [0.25, 0.3) is 5.91 Å². The van der Waals surface area contributed by atoms with E-state index in [1.807, 2.05) is 30.3 Å². The van der Waals surface area contributed by atoms with Gasteiger partial charge in [0, 0.05) is 16.2 Å². The lowest BCUT2D eigenvalue weighted by atomic mass is 10.2. The molecule has 0 radical (unpaired) electrons. The fourth-order valence-corrected chi connectivity index (χ4v) is 2.14. The van der Waals surface area contributed by atoms with Gasteiger partial charge in [0.15, 0.2) is 0 Å². The number of carbonyl (C=O) groups is 1. The Labute approximate surface area is 135 Å². The smallest absolute Gasteiger partial charge is 0.287 e. The summed E-state index contributed by atoms with van der Waals surface area (Å²) in [4.78, 5) is 14.5. The lowest BCUT2D eigenvalue weighted by Crippen LogP contribution is -2.17. The maximum Gasteiger partial charge on any atom is 0.287 e. The first-order valence-electron chi connectivity index (χ1n) is 6.55. The second-order valence-electron chi connectivity index (χ2n) is 4.49. The van der Waals surface area contributed by atoms with Crippen molar-refractivity contribution in [3.63, 3.8) is 0 Å². The number of nitrogens with one attached hydrogen (secondary N) is 2. The Morgan fingerprint density at radius 3 is 2.73 bits per heavy atom. The van der Waals surface area contributed by atoms with E-state index in [0.29, 0.717) is 11.5 Å². The first kappa shape index (κ1) is 14.3. The highest BCUT2D eigenvalue weighted by molar-refractivity contribution is 9.10. The summed E-state index contributed by atoms with van der Waals surface area (Å²) in [6.07, 6.45) is 3.14. The van der Waals surface area contributed by atoms with Gasteiger partial charge < -0.3 is 9.40 Å². The van der Waals surface area contributed by atoms with Crippen LogP contribution < -0.4 is 5.43 Å². The fraction of sp³-hybridized carbons (Fsp3) is 0. The van der Waals surface area contributed by atoms with Crippen molar-refractivity contribution >= 4 is 28.1 Å². The number of aromatic amines is 1. The number of hydrogen-bond donors (Lipinski definition) is 2. The Balaban J connectivity index is 1.65. The van der Waals surface area contributed by atoms with Gasteiger partial charge in [-0.15, -0.1) is 0 Å². The summed E-state index contributed by atoms with van der Waals surface area (Å²) in [5.74, 6) is 0.996. The van der Waals surface area contributed by atoms with E-state index in [9.17, 15) is 4.79 Å². The highest BCUT2D eigenvalue weighted by Gasteiger charge is 2.05. The molecule has 22 heavy (non-hydrogen) atoms. The number of hydrazone groups is 1. The van der Waals surface area contributed by atoms with Crippen molar-refractivity contribution in [2.75, 3.05) is 0 Å². The van der Waals surface area contributed by atoms with Crippen LogP contribution in [0.4, 0.5) is 0 Å². The summed E-state index contributed by atoms with van der Waals surface area (Å²) >= 11 is 3.39. The minimum atomic E-state index is -0.305. The molecule has 0 saturated heterocycles. The SMILES string of the molecule is O=C(N/N=C\c1ccc(-c2ccc(Br)cc2)o1)c1ccc[nH]1. The average molecular weight is 358 g/mol. The highest BCUT2D eigenvalue weighted by Crippen LogP contribution is 2.23. The van der Waals surface area contributed by atoms with Gasteiger partial charge in [-0.05, 0) is 36.4 Å². The van der Waals surface area contributed by atoms with E-state index in [4.69, 9.17) is 4.42 Å². The van der Waals surface area contributed by atoms with Crippen LogP contribution in [0.25, 0.3) is 11.3 Å². The van der Waals surface area contributed by atoms with Crippen molar-refractivity contribution in [2.45, 2.75) is 0 Å². The molecule has 2 N–H and O–H groups in total. The standard InChI is InChI=1S/C16H12BrN3O2/c17-12-5-3-11(4-6-12)15-8-7-13(22-15)10-19-20-16(21)14-2-1-9-18-14/h1-10,18H,(H,20,21)/b19-10-. The Morgan fingerprint density at radius 2 is 2.00 bits per heavy atom. The number of furan rings is 1. The van der Waals surface area contributed by atoms with Gasteiger partial charge in [-0.25, -0.2) is 5.43 Å². The Morgan fingerprint density at radius 1 is 1.18 bits per heavy atom. The maximum atomic E-state index is 11.7. The molecule has 3 rings (SSSR count). The van der Waals surface area contributed by atoms with Crippen LogP contribution in [0.5, 0.6) is 0 Å². The van der Waals surface area contributed by atoms with E-state index in [1.54, 1.807) is 24.4 Å². The number of halogens is 1. The van der Waals surface area contributed by atoms with E-state index < -0.39 is 0 Å². The fourth-order valence-electron chi connectivity index (χ4n) is 1.88. The number of benzene rings is 1. The number of nitrogens with zero attached hydrogens (tertiary/aromatic N) is 1. The minimum Gasteiger partial charge on any atom is -0.455 e. The van der Waals surface area contributed by atoms with E-state index in [1.165, 1.54) is 6.21 Å². The minimum absolute atomic E-state index is 0.305. The van der Waals surface area contributed by atoms with Crippen LogP contribution in [0.15, 0.2) is 68.7 Å². The zero-order valence-corrected chi connectivity index (χ0v) is 13.0. The van der Waals surface area contributed by atoms with Gasteiger partial charge in [0.05, 0.1) is 6.21 Å². The summed E-state index contributed by atoms with van der Waals surface area (Å²) in [5.41, 5.74) is 3.84. The molecule has 1 amide bonds. The number of rotatable bonds is 4. The molecule has 0 fully saturated rings. The van der Waals surface area contributed by atoms with E-state index >= 15 is 0 Å². The number of hydrogen-bond acceptors (Lipinski definition) is 3. The van der Waals surface area contributed by atoms with Crippen LogP contribution in [-0.2, 0) is 0 Å². The van der Waals surface area contributed by atoms with Gasteiger partial charge in [0.1, 0.15) is 17.2 Å². The van der Waals surface area contributed by atoms with Crippen LogP contribution in [0.3, 0.4) is 0 Å². The Kier molecular flexibility index (Phi) is 4.20. The van der Waals surface area contributed by atoms with Gasteiger partial charge in [0.2, 0.25) is 0 Å². The molecule has 0 atom stereocenters. The molecule has 110 valence electrons. The molecule has 1 aromatic carbocycles. The lowest BCUT2D eigenvalue weighted by molar-refractivity contribution is 0.0951. The Hall–Kier alpha value is -2.60. The summed E-state index contributed by atoms with van der Waals surface area (Å²) in [6, 6.07) is 14.9. The van der Waals surface area contributed by atoms with Crippen molar-refractivity contribution in [1.29, 1.82) is 0 Å². The molecule has 5 nitrogen and oxygen atoms in total. The molecule has 0 spiro atoms. The molecular formula is C16H12BrN3O2. The number of amides is 1. The molecule has 0 aliphatic rings. The summed E-state index contributed by atoms with van der Waals surface area (Å²) in [7, 11) is 0. The maximum absolute atomic E-state index is 11.7. The second-order valence-corrected chi connectivity index (χ2v) is 5.41. The van der Waals surface area contributed by atoms with Crippen LogP contribution in [0.2, 0.25) is 0 Å². The Bertz CT molecular complexity index is 789. The zero-order valence-electron chi connectivity index (χ0n) is 11.4. The zero-order chi connectivity index (χ0) is 15.4. The van der Waals surface area contributed by atoms with Crippen LogP contribution in [-0.4, -0.2) is 17.1 Å². The molecule has 2 aromatic heterocycles. The molecule has 0 aliphatic carbocycles. The molecule has 3 aromatic rings. The third kappa shape index (κ3) is 3.35. The monoisotopic (exact) mass is 357 g/mol. The third-order valence-corrected chi connectivity index (χ3v) is 3.48. The van der Waals surface area contributed by atoms with E-state index in [2.05, 4.69) is 31.4 Å². The van der Waals surface area contributed by atoms with Gasteiger partial charge in [-0.3, -0.25) is 4.79 Å². The van der Waals surface area contributed by atoms with Crippen LogP contribution in [0.1, 0.15) is 16.2 Å². The molecule has 0 aliphatic heterocycles. The number of carbonyl (C=O) groups excluding carboxylic acids is 1. The summed E-state index contributed by atoms with van der Waals surface area (Å²) in [5, 5.41) is 3.87. The van der Waals surface area contributed by atoms with Gasteiger partial charge in [-0.2, -0.15) is 5.10 Å². The van der Waals surface area contributed by atoms with Crippen molar-refractivity contribution in [3.8, 4) is 11.3 Å². The topological polar surface area (TPSA) is 70.4 Å². The quantitative estimate of drug-likeness (QED) is 0.550. The molecular weight excluding hydrogens is 346 g/mol. The normalized spacial score (nSPS) is 11.0. The molecule has 2 heterocycles. The number of aromatic nitrogens is 1. The summed E-state index contributed by atoms with van der Waals surface area (Å²) in [6.45, 7) is 0. The largest absolute Gasteiger partial charge is 0.455 e.